The molecule has 2 aliphatic heterocycles. The second kappa shape index (κ2) is 7.41. The summed E-state index contributed by atoms with van der Waals surface area (Å²) in [6, 6.07) is 16.4. The molecule has 0 fully saturated rings. The molecule has 4 atom stereocenters. The lowest BCUT2D eigenvalue weighted by Gasteiger charge is -2.45. The Morgan fingerprint density at radius 1 is 1.10 bits per heavy atom. The third kappa shape index (κ3) is 3.34. The molecule has 1 aliphatic carbocycles. The van der Waals surface area contributed by atoms with Crippen molar-refractivity contribution in [2.24, 2.45) is 22.6 Å². The minimum Gasteiger partial charge on any atom is -0.489 e. The molecule has 2 aromatic carbocycles. The molecule has 31 heavy (non-hydrogen) atoms. The largest absolute Gasteiger partial charge is 0.489 e. The van der Waals surface area contributed by atoms with Crippen LogP contribution in [0.2, 0.25) is 0 Å². The summed E-state index contributed by atoms with van der Waals surface area (Å²) >= 11 is 0. The van der Waals surface area contributed by atoms with Gasteiger partial charge in [0.25, 0.3) is 0 Å². The lowest BCUT2D eigenvalue weighted by molar-refractivity contribution is -0.129. The summed E-state index contributed by atoms with van der Waals surface area (Å²) in [7, 11) is 1.68. The van der Waals surface area contributed by atoms with Crippen molar-refractivity contribution in [3.8, 4) is 16.9 Å². The number of nitrogens with two attached hydrogens (primary N) is 1. The van der Waals surface area contributed by atoms with Crippen molar-refractivity contribution in [1.29, 1.82) is 0 Å². The van der Waals surface area contributed by atoms with Gasteiger partial charge in [0, 0.05) is 24.9 Å². The van der Waals surface area contributed by atoms with Gasteiger partial charge in [-0.15, -0.1) is 0 Å². The van der Waals surface area contributed by atoms with E-state index in [1.165, 1.54) is 4.90 Å². The summed E-state index contributed by atoms with van der Waals surface area (Å²) in [5, 5.41) is 0. The molecule has 5 heteroatoms. The average Bonchev–Trinajstić information content (AvgIpc) is 2.78. The van der Waals surface area contributed by atoms with E-state index in [0.29, 0.717) is 12.3 Å². The van der Waals surface area contributed by atoms with Crippen LogP contribution in [0.3, 0.4) is 0 Å². The molecule has 0 aromatic heterocycles. The summed E-state index contributed by atoms with van der Waals surface area (Å²) in [6.45, 7) is 2.20. The van der Waals surface area contributed by atoms with E-state index in [-0.39, 0.29) is 30.3 Å². The quantitative estimate of drug-likeness (QED) is 0.800. The third-order valence-electron chi connectivity index (χ3n) is 6.79. The Hall–Kier alpha value is -3.34. The maximum atomic E-state index is 12.9. The SMILES string of the molecule is CC1C=CC=CC1C1CC2(CC(=O)N(C)C(N)=N2)c2cc(-c3ccccc3)ccc2O1. The molecule has 158 valence electrons. The highest BCUT2D eigenvalue weighted by Crippen LogP contribution is 2.49. The Morgan fingerprint density at radius 3 is 2.61 bits per heavy atom. The van der Waals surface area contributed by atoms with E-state index < -0.39 is 5.54 Å². The molecule has 2 aromatic rings. The van der Waals surface area contributed by atoms with E-state index in [1.54, 1.807) is 7.05 Å². The molecule has 5 nitrogen and oxygen atoms in total. The number of benzene rings is 2. The Morgan fingerprint density at radius 2 is 1.87 bits per heavy atom. The van der Waals surface area contributed by atoms with Gasteiger partial charge in [-0.2, -0.15) is 0 Å². The topological polar surface area (TPSA) is 67.9 Å². The van der Waals surface area contributed by atoms with Crippen LogP contribution in [0.1, 0.15) is 25.3 Å². The summed E-state index contributed by atoms with van der Waals surface area (Å²) in [6.07, 6.45) is 9.38. The molecular weight excluding hydrogens is 386 g/mol. The van der Waals surface area contributed by atoms with Crippen LogP contribution in [-0.2, 0) is 10.3 Å². The molecule has 4 unspecified atom stereocenters. The summed E-state index contributed by atoms with van der Waals surface area (Å²) in [5.74, 6) is 1.60. The smallest absolute Gasteiger partial charge is 0.231 e. The Bertz CT molecular complexity index is 1100. The van der Waals surface area contributed by atoms with Gasteiger partial charge in [0.1, 0.15) is 17.4 Å². The van der Waals surface area contributed by atoms with Crippen molar-refractivity contribution in [2.45, 2.75) is 31.4 Å². The first kappa shape index (κ1) is 19.6. The van der Waals surface area contributed by atoms with Crippen LogP contribution in [0, 0.1) is 11.8 Å². The fraction of sp³-hybridized carbons (Fsp3) is 0.308. The van der Waals surface area contributed by atoms with E-state index in [9.17, 15) is 4.79 Å². The number of amides is 1. The minimum absolute atomic E-state index is 0.0173. The number of fused-ring (bicyclic) bond motifs is 2. The number of nitrogens with zero attached hydrogens (tertiary/aromatic N) is 2. The molecule has 0 bridgehead atoms. The van der Waals surface area contributed by atoms with Crippen molar-refractivity contribution in [3.05, 3.63) is 78.4 Å². The molecule has 3 aliphatic rings. The van der Waals surface area contributed by atoms with Gasteiger partial charge in [0.2, 0.25) is 5.91 Å². The summed E-state index contributed by atoms with van der Waals surface area (Å²) in [5.41, 5.74) is 8.64. The van der Waals surface area contributed by atoms with Crippen LogP contribution in [0.15, 0.2) is 77.8 Å². The molecule has 0 saturated carbocycles. The fourth-order valence-electron chi connectivity index (χ4n) is 4.97. The minimum atomic E-state index is -0.717. The van der Waals surface area contributed by atoms with Gasteiger partial charge in [-0.1, -0.05) is 67.6 Å². The van der Waals surface area contributed by atoms with Gasteiger partial charge in [0.05, 0.1) is 6.42 Å². The lowest BCUT2D eigenvalue weighted by atomic mass is 9.73. The van der Waals surface area contributed by atoms with E-state index in [2.05, 4.69) is 55.5 Å². The second-order valence-electron chi connectivity index (χ2n) is 8.77. The highest BCUT2D eigenvalue weighted by atomic mass is 16.5. The lowest BCUT2D eigenvalue weighted by Crippen LogP contribution is -2.52. The van der Waals surface area contributed by atoms with Crippen LogP contribution in [0.25, 0.3) is 11.1 Å². The maximum Gasteiger partial charge on any atom is 0.231 e. The zero-order chi connectivity index (χ0) is 21.6. The number of hydrogen-bond donors (Lipinski definition) is 1. The van der Waals surface area contributed by atoms with Crippen molar-refractivity contribution < 1.29 is 9.53 Å². The number of guanidine groups is 1. The van der Waals surface area contributed by atoms with Crippen LogP contribution in [0.5, 0.6) is 5.75 Å². The third-order valence-corrected chi connectivity index (χ3v) is 6.79. The molecular formula is C26H27N3O2. The monoisotopic (exact) mass is 413 g/mol. The number of allylic oxidation sites excluding steroid dienone is 3. The van der Waals surface area contributed by atoms with Gasteiger partial charge < -0.3 is 10.5 Å². The van der Waals surface area contributed by atoms with Crippen molar-refractivity contribution >= 4 is 11.9 Å². The zero-order valence-electron chi connectivity index (χ0n) is 17.9. The Kier molecular flexibility index (Phi) is 4.69. The molecule has 5 rings (SSSR count). The molecule has 0 radical (unpaired) electrons. The Balaban J connectivity index is 1.64. The van der Waals surface area contributed by atoms with Crippen LogP contribution < -0.4 is 10.5 Å². The van der Waals surface area contributed by atoms with Gasteiger partial charge in [-0.05, 0) is 29.2 Å². The highest BCUT2D eigenvalue weighted by Gasteiger charge is 2.48. The van der Waals surface area contributed by atoms with Gasteiger partial charge >= 0.3 is 0 Å². The maximum absolute atomic E-state index is 12.9. The van der Waals surface area contributed by atoms with Gasteiger partial charge in [0.15, 0.2) is 5.96 Å². The number of rotatable bonds is 2. The normalized spacial score (nSPS) is 29.5. The van der Waals surface area contributed by atoms with E-state index >= 15 is 0 Å². The van der Waals surface area contributed by atoms with Gasteiger partial charge in [-0.3, -0.25) is 9.69 Å². The van der Waals surface area contributed by atoms with Crippen LogP contribution in [0.4, 0.5) is 0 Å². The van der Waals surface area contributed by atoms with Gasteiger partial charge in [-0.25, -0.2) is 4.99 Å². The first-order valence-corrected chi connectivity index (χ1v) is 10.8. The molecule has 1 amide bonds. The van der Waals surface area contributed by atoms with Crippen molar-refractivity contribution in [1.82, 2.24) is 4.90 Å². The summed E-state index contributed by atoms with van der Waals surface area (Å²) in [4.78, 5) is 19.3. The molecule has 2 heterocycles. The molecule has 2 N–H and O–H groups in total. The van der Waals surface area contributed by atoms with E-state index in [0.717, 1.165) is 22.4 Å². The first-order chi connectivity index (χ1) is 15.0. The number of carbonyl (C=O) groups excluding carboxylic acids is 1. The molecule has 1 spiro atoms. The Labute approximate surface area is 182 Å². The van der Waals surface area contributed by atoms with E-state index in [1.807, 2.05) is 24.3 Å². The molecule has 0 saturated heterocycles. The number of aliphatic imine (C=N–C) groups is 1. The zero-order valence-corrected chi connectivity index (χ0v) is 17.9. The highest BCUT2D eigenvalue weighted by molar-refractivity contribution is 5.99. The number of carbonyl (C=O) groups is 1. The number of hydrogen-bond acceptors (Lipinski definition) is 4. The standard InChI is InChI=1S/C26H27N3O2/c1-17-8-6-7-11-20(17)23-15-26(16-24(30)29(2)25(27)28-26)21-14-19(12-13-22(21)31-23)18-9-4-3-5-10-18/h3-14,17,20,23H,15-16H2,1-2H3,(H2,27,28). The summed E-state index contributed by atoms with van der Waals surface area (Å²) < 4.78 is 6.54. The van der Waals surface area contributed by atoms with Crippen molar-refractivity contribution in [3.63, 3.8) is 0 Å². The fourth-order valence-corrected chi connectivity index (χ4v) is 4.97. The second-order valence-corrected chi connectivity index (χ2v) is 8.77. The van der Waals surface area contributed by atoms with E-state index in [4.69, 9.17) is 15.5 Å². The van der Waals surface area contributed by atoms with Crippen LogP contribution >= 0.6 is 0 Å². The van der Waals surface area contributed by atoms with Crippen molar-refractivity contribution in [2.75, 3.05) is 7.05 Å². The van der Waals surface area contributed by atoms with Crippen LogP contribution in [-0.4, -0.2) is 29.9 Å². The predicted molar refractivity (Wildman–Crippen MR) is 123 cm³/mol. The average molecular weight is 414 g/mol. The predicted octanol–water partition coefficient (Wildman–Crippen LogP) is 4.26. The first-order valence-electron chi connectivity index (χ1n) is 10.8. The number of ether oxygens (including phenoxy) is 1.